The molecule has 0 fully saturated rings. The zero-order valence-corrected chi connectivity index (χ0v) is 36.5. The van der Waals surface area contributed by atoms with Crippen LogP contribution in [0.1, 0.15) is 47.9 Å². The first-order chi connectivity index (χ1) is 32.3. The molecule has 0 radical (unpaired) electrons. The van der Waals surface area contributed by atoms with Gasteiger partial charge in [0.2, 0.25) is 0 Å². The van der Waals surface area contributed by atoms with Crippen molar-refractivity contribution in [1.82, 2.24) is 0 Å². The molecule has 8 aromatic carbocycles. The van der Waals surface area contributed by atoms with E-state index >= 15 is 0 Å². The van der Waals surface area contributed by atoms with Gasteiger partial charge in [-0.3, -0.25) is 0 Å². The Balaban J connectivity index is 1.02. The van der Waals surface area contributed by atoms with Gasteiger partial charge in [-0.15, -0.1) is 0 Å². The smallest absolute Gasteiger partial charge is 0.0540 e. The van der Waals surface area contributed by atoms with E-state index in [4.69, 9.17) is 0 Å². The van der Waals surface area contributed by atoms with E-state index in [1.165, 1.54) is 83.5 Å². The molecule has 0 unspecified atom stereocenters. The highest BCUT2D eigenvalue weighted by atomic mass is 15.2. The van der Waals surface area contributed by atoms with Crippen LogP contribution in [0.2, 0.25) is 0 Å². The number of allylic oxidation sites excluding steroid dienone is 10. The predicted molar refractivity (Wildman–Crippen MR) is 277 cm³/mol. The molecule has 0 N–H and O–H groups in total. The summed E-state index contributed by atoms with van der Waals surface area (Å²) >= 11 is 0. The highest BCUT2D eigenvalue weighted by Gasteiger charge is 2.25. The fraction of sp³-hybridized carbons (Fsp3) is 0.0794. The monoisotopic (exact) mass is 834 g/mol. The van der Waals surface area contributed by atoms with Gasteiger partial charge in [-0.1, -0.05) is 200 Å². The summed E-state index contributed by atoms with van der Waals surface area (Å²) in [4.78, 5) is 4.99. The molecule has 3 aliphatic rings. The third kappa shape index (κ3) is 8.01. The SMILES string of the molecule is C1=CC(c2ccc(-c3ccccc3N(c3ccc(-c4ccccc4)cc3)c3cccc4ccccc34)cc2)=C(N(C2=CC=C(c3ccccc3)CC=C2)c2cccc3c2C=CCC3)CC1. The number of hydrogen-bond acceptors (Lipinski definition) is 2. The zero-order chi connectivity index (χ0) is 43.4. The first-order valence-electron chi connectivity index (χ1n) is 23.0. The fourth-order valence-corrected chi connectivity index (χ4v) is 9.85. The number of rotatable bonds is 10. The summed E-state index contributed by atoms with van der Waals surface area (Å²) in [5.74, 6) is 0. The van der Waals surface area contributed by atoms with Crippen LogP contribution in [0.4, 0.5) is 22.7 Å². The number of nitrogens with zero attached hydrogens (tertiary/aromatic N) is 2. The van der Waals surface area contributed by atoms with Gasteiger partial charge >= 0.3 is 0 Å². The van der Waals surface area contributed by atoms with Crippen molar-refractivity contribution in [2.24, 2.45) is 0 Å². The summed E-state index contributed by atoms with van der Waals surface area (Å²) in [7, 11) is 0. The normalized spacial score (nSPS) is 14.4. The molecule has 312 valence electrons. The number of hydrogen-bond donors (Lipinski definition) is 0. The van der Waals surface area contributed by atoms with Crippen LogP contribution < -0.4 is 9.80 Å². The minimum Gasteiger partial charge on any atom is -0.313 e. The zero-order valence-electron chi connectivity index (χ0n) is 36.5. The van der Waals surface area contributed by atoms with E-state index in [9.17, 15) is 0 Å². The maximum absolute atomic E-state index is 2.56. The average molecular weight is 835 g/mol. The molecule has 11 rings (SSSR count). The molecular formula is C63H50N2. The van der Waals surface area contributed by atoms with E-state index in [1.807, 2.05) is 0 Å². The summed E-state index contributed by atoms with van der Waals surface area (Å²) < 4.78 is 0. The molecule has 2 nitrogen and oxygen atoms in total. The van der Waals surface area contributed by atoms with Crippen LogP contribution in [0.25, 0.3) is 50.2 Å². The van der Waals surface area contributed by atoms with E-state index in [1.54, 1.807) is 0 Å². The van der Waals surface area contributed by atoms with E-state index in [2.05, 4.69) is 253 Å². The van der Waals surface area contributed by atoms with Gasteiger partial charge in [0.25, 0.3) is 0 Å². The van der Waals surface area contributed by atoms with Crippen LogP contribution in [-0.4, -0.2) is 0 Å². The van der Waals surface area contributed by atoms with Crippen LogP contribution >= 0.6 is 0 Å². The number of aryl methyl sites for hydroxylation is 1. The summed E-state index contributed by atoms with van der Waals surface area (Å²) in [6.45, 7) is 0. The second kappa shape index (κ2) is 18.0. The molecule has 0 saturated carbocycles. The topological polar surface area (TPSA) is 6.48 Å². The molecular weight excluding hydrogens is 785 g/mol. The Morgan fingerprint density at radius 3 is 1.86 bits per heavy atom. The lowest BCUT2D eigenvalue weighted by molar-refractivity contribution is 0.902. The van der Waals surface area contributed by atoms with Crippen molar-refractivity contribution in [3.05, 3.63) is 270 Å². The molecule has 0 atom stereocenters. The van der Waals surface area contributed by atoms with Crippen molar-refractivity contribution in [3.63, 3.8) is 0 Å². The van der Waals surface area contributed by atoms with E-state index in [0.717, 1.165) is 49.2 Å². The van der Waals surface area contributed by atoms with Crippen LogP contribution in [0.5, 0.6) is 0 Å². The van der Waals surface area contributed by atoms with Gasteiger partial charge < -0.3 is 9.80 Å². The van der Waals surface area contributed by atoms with Gasteiger partial charge in [0.1, 0.15) is 0 Å². The van der Waals surface area contributed by atoms with Gasteiger partial charge in [-0.05, 0) is 119 Å². The maximum atomic E-state index is 2.56. The van der Waals surface area contributed by atoms with Crippen molar-refractivity contribution < 1.29 is 0 Å². The third-order valence-corrected chi connectivity index (χ3v) is 13.1. The van der Waals surface area contributed by atoms with E-state index in [0.29, 0.717) is 0 Å². The minimum atomic E-state index is 0.885. The van der Waals surface area contributed by atoms with Crippen LogP contribution in [0.3, 0.4) is 0 Å². The van der Waals surface area contributed by atoms with Gasteiger partial charge in [0.05, 0.1) is 17.1 Å². The lowest BCUT2D eigenvalue weighted by Gasteiger charge is -2.34. The Labute approximate surface area is 383 Å². The Hall–Kier alpha value is -7.94. The number of para-hydroxylation sites is 1. The fourth-order valence-electron chi connectivity index (χ4n) is 9.85. The summed E-state index contributed by atoms with van der Waals surface area (Å²) in [5, 5.41) is 2.42. The minimum absolute atomic E-state index is 0.885. The second-order valence-electron chi connectivity index (χ2n) is 17.0. The average Bonchev–Trinajstić information content (AvgIpc) is 3.64. The third-order valence-electron chi connectivity index (χ3n) is 13.1. The molecule has 0 amide bonds. The molecule has 65 heavy (non-hydrogen) atoms. The van der Waals surface area contributed by atoms with Crippen LogP contribution in [-0.2, 0) is 6.42 Å². The quantitative estimate of drug-likeness (QED) is 0.135. The summed E-state index contributed by atoms with van der Waals surface area (Å²) in [5.41, 5.74) is 19.7. The first kappa shape index (κ1) is 39.9. The Bertz CT molecular complexity index is 3190. The standard InChI is InChI=1S/C63H50N2/c1-3-18-46(19-4-1)48-24-15-27-54(43-40-48)64(62-34-16-25-50-22-7-9-28-56(50)62)60-32-13-11-30-58(60)52-36-38-53(39-37-52)59-31-12-14-33-61(59)65(63-35-17-26-51-23-8-10-29-57(51)63)55-44-41-49(42-45-55)47-20-5-2-6-21-47/h1-6,8-12,14-21,23,25-31,33-45H,7,13,22,24,32H2. The first-order valence-corrected chi connectivity index (χ1v) is 23.0. The second-order valence-corrected chi connectivity index (χ2v) is 17.0. The maximum Gasteiger partial charge on any atom is 0.0540 e. The lowest BCUT2D eigenvalue weighted by Crippen LogP contribution is -2.24. The van der Waals surface area contributed by atoms with Gasteiger partial charge in [0.15, 0.2) is 0 Å². The molecule has 0 saturated heterocycles. The summed E-state index contributed by atoms with van der Waals surface area (Å²) in [6, 6.07) is 70.8. The number of fused-ring (bicyclic) bond motifs is 2. The van der Waals surface area contributed by atoms with Crippen molar-refractivity contribution in [2.75, 3.05) is 9.80 Å². The number of anilines is 4. The van der Waals surface area contributed by atoms with Crippen molar-refractivity contribution >= 4 is 50.7 Å². The highest BCUT2D eigenvalue weighted by Crippen LogP contribution is 2.45. The molecule has 0 aromatic heterocycles. The van der Waals surface area contributed by atoms with E-state index < -0.39 is 0 Å². The molecule has 0 bridgehead atoms. The van der Waals surface area contributed by atoms with Crippen LogP contribution in [0, 0.1) is 0 Å². The molecule has 0 heterocycles. The Kier molecular flexibility index (Phi) is 11.1. The van der Waals surface area contributed by atoms with Crippen molar-refractivity contribution in [3.8, 4) is 22.3 Å². The van der Waals surface area contributed by atoms with E-state index in [-0.39, 0.29) is 0 Å². The number of benzene rings is 8. The molecule has 0 aliphatic heterocycles. The Morgan fingerprint density at radius 1 is 0.385 bits per heavy atom. The molecule has 8 aromatic rings. The van der Waals surface area contributed by atoms with Gasteiger partial charge in [-0.25, -0.2) is 0 Å². The van der Waals surface area contributed by atoms with Crippen molar-refractivity contribution in [1.29, 1.82) is 0 Å². The van der Waals surface area contributed by atoms with Gasteiger partial charge in [-0.2, -0.15) is 0 Å². The van der Waals surface area contributed by atoms with Crippen LogP contribution in [0.15, 0.2) is 248 Å². The highest BCUT2D eigenvalue weighted by molar-refractivity contribution is 6.01. The Morgan fingerprint density at radius 2 is 1.02 bits per heavy atom. The lowest BCUT2D eigenvalue weighted by atomic mass is 9.91. The summed E-state index contributed by atoms with van der Waals surface area (Å²) in [6.07, 6.45) is 23.7. The van der Waals surface area contributed by atoms with Crippen molar-refractivity contribution in [2.45, 2.75) is 32.1 Å². The van der Waals surface area contributed by atoms with Gasteiger partial charge in [0, 0.05) is 39.2 Å². The largest absolute Gasteiger partial charge is 0.313 e. The predicted octanol–water partition coefficient (Wildman–Crippen LogP) is 17.1. The molecule has 0 spiro atoms. The molecule has 3 aliphatic carbocycles. The molecule has 2 heteroatoms.